The fourth-order valence-electron chi connectivity index (χ4n) is 3.00. The standard InChI is InChI=1S/C17H15BrN2O3S/c1-24(21,22)13-5-3-11(4-6-13)17-19-14-9-12(18)10-15-16(14)20(17)7-2-8-23-15/h3-6,9-10H,2,7-8H2,1H3. The van der Waals surface area contributed by atoms with Gasteiger partial charge in [0, 0.05) is 22.8 Å². The number of halogens is 1. The zero-order valence-electron chi connectivity index (χ0n) is 13.0. The molecule has 0 N–H and O–H groups in total. The van der Waals surface area contributed by atoms with Crippen molar-refractivity contribution in [3.05, 3.63) is 40.9 Å². The number of nitrogens with zero attached hydrogens (tertiary/aromatic N) is 2. The second kappa shape index (κ2) is 5.60. The van der Waals surface area contributed by atoms with Crippen molar-refractivity contribution in [2.75, 3.05) is 12.9 Å². The average molecular weight is 407 g/mol. The average Bonchev–Trinajstić information content (AvgIpc) is 2.75. The fourth-order valence-corrected chi connectivity index (χ4v) is 4.06. The minimum atomic E-state index is -3.20. The van der Waals surface area contributed by atoms with Crippen LogP contribution in [0.3, 0.4) is 0 Å². The van der Waals surface area contributed by atoms with Crippen LogP contribution in [-0.2, 0) is 16.4 Å². The SMILES string of the molecule is CS(=O)(=O)c1ccc(-c2nc3cc(Br)cc4c3n2CCCO4)cc1. The Labute approximate surface area is 148 Å². The van der Waals surface area contributed by atoms with E-state index in [1.54, 1.807) is 12.1 Å². The lowest BCUT2D eigenvalue weighted by atomic mass is 10.2. The van der Waals surface area contributed by atoms with Gasteiger partial charge in [-0.15, -0.1) is 0 Å². The van der Waals surface area contributed by atoms with Gasteiger partial charge in [-0.2, -0.15) is 0 Å². The van der Waals surface area contributed by atoms with Crippen LogP contribution in [0.1, 0.15) is 6.42 Å². The first-order valence-electron chi connectivity index (χ1n) is 7.56. The number of hydrogen-bond acceptors (Lipinski definition) is 4. The molecule has 7 heteroatoms. The fraction of sp³-hybridized carbons (Fsp3) is 0.235. The summed E-state index contributed by atoms with van der Waals surface area (Å²) in [7, 11) is -3.20. The van der Waals surface area contributed by atoms with Gasteiger partial charge in [-0.25, -0.2) is 13.4 Å². The second-order valence-corrected chi connectivity index (χ2v) is 8.79. The topological polar surface area (TPSA) is 61.2 Å². The molecule has 4 rings (SSSR count). The minimum absolute atomic E-state index is 0.310. The van der Waals surface area contributed by atoms with Crippen LogP contribution in [0.25, 0.3) is 22.4 Å². The normalized spacial score (nSPS) is 14.4. The van der Waals surface area contributed by atoms with E-state index in [9.17, 15) is 8.42 Å². The molecule has 0 bridgehead atoms. The molecule has 0 amide bonds. The summed E-state index contributed by atoms with van der Waals surface area (Å²) < 4.78 is 32.2. The first-order chi connectivity index (χ1) is 11.4. The minimum Gasteiger partial charge on any atom is -0.491 e. The Morgan fingerprint density at radius 2 is 1.96 bits per heavy atom. The van der Waals surface area contributed by atoms with Gasteiger partial charge in [0.05, 0.1) is 17.0 Å². The van der Waals surface area contributed by atoms with Crippen LogP contribution in [0, 0.1) is 0 Å². The van der Waals surface area contributed by atoms with Gasteiger partial charge in [0.25, 0.3) is 0 Å². The molecule has 1 aromatic heterocycles. The van der Waals surface area contributed by atoms with E-state index in [0.717, 1.165) is 45.6 Å². The summed E-state index contributed by atoms with van der Waals surface area (Å²) in [5.74, 6) is 1.65. The third-order valence-electron chi connectivity index (χ3n) is 4.10. The number of benzene rings is 2. The molecule has 2 aromatic carbocycles. The molecule has 5 nitrogen and oxygen atoms in total. The molecule has 124 valence electrons. The number of aryl methyl sites for hydroxylation is 1. The first-order valence-corrected chi connectivity index (χ1v) is 10.2. The van der Waals surface area contributed by atoms with Crippen molar-refractivity contribution in [1.29, 1.82) is 0 Å². The molecule has 0 atom stereocenters. The highest BCUT2D eigenvalue weighted by Gasteiger charge is 2.20. The van der Waals surface area contributed by atoms with Crippen LogP contribution in [0.15, 0.2) is 45.8 Å². The van der Waals surface area contributed by atoms with Gasteiger partial charge < -0.3 is 9.30 Å². The smallest absolute Gasteiger partial charge is 0.175 e. The van der Waals surface area contributed by atoms with E-state index in [1.807, 2.05) is 24.3 Å². The van der Waals surface area contributed by atoms with Gasteiger partial charge in [-0.3, -0.25) is 0 Å². The van der Waals surface area contributed by atoms with Crippen molar-refractivity contribution >= 4 is 36.8 Å². The monoisotopic (exact) mass is 406 g/mol. The van der Waals surface area contributed by atoms with Gasteiger partial charge in [0.1, 0.15) is 17.1 Å². The third-order valence-corrected chi connectivity index (χ3v) is 5.68. The molecular formula is C17H15BrN2O3S. The van der Waals surface area contributed by atoms with Crippen molar-refractivity contribution in [2.24, 2.45) is 0 Å². The summed E-state index contributed by atoms with van der Waals surface area (Å²) in [6, 6.07) is 10.8. The van der Waals surface area contributed by atoms with Crippen LogP contribution >= 0.6 is 15.9 Å². The van der Waals surface area contributed by atoms with Gasteiger partial charge in [-0.1, -0.05) is 15.9 Å². The third kappa shape index (κ3) is 2.61. The van der Waals surface area contributed by atoms with E-state index in [4.69, 9.17) is 9.72 Å². The molecule has 1 aliphatic heterocycles. The Balaban J connectivity index is 1.92. The van der Waals surface area contributed by atoms with Gasteiger partial charge >= 0.3 is 0 Å². The Kier molecular flexibility index (Phi) is 3.65. The molecule has 0 fully saturated rings. The first kappa shape index (κ1) is 15.7. The summed E-state index contributed by atoms with van der Waals surface area (Å²) in [5.41, 5.74) is 2.74. The lowest BCUT2D eigenvalue weighted by Gasteiger charge is -2.07. The van der Waals surface area contributed by atoms with Crippen LogP contribution in [0.4, 0.5) is 0 Å². The molecule has 0 radical (unpaired) electrons. The zero-order chi connectivity index (χ0) is 16.9. The highest BCUT2D eigenvalue weighted by molar-refractivity contribution is 9.10. The van der Waals surface area contributed by atoms with E-state index in [-0.39, 0.29) is 0 Å². The predicted octanol–water partition coefficient (Wildman–Crippen LogP) is 3.65. The van der Waals surface area contributed by atoms with Gasteiger partial charge in [0.2, 0.25) is 0 Å². The number of rotatable bonds is 2. The molecule has 2 heterocycles. The van der Waals surface area contributed by atoms with E-state index < -0.39 is 9.84 Å². The molecule has 1 aliphatic rings. The van der Waals surface area contributed by atoms with Crippen LogP contribution < -0.4 is 4.74 Å². The Morgan fingerprint density at radius 1 is 1.21 bits per heavy atom. The lowest BCUT2D eigenvalue weighted by molar-refractivity contribution is 0.315. The van der Waals surface area contributed by atoms with E-state index in [0.29, 0.717) is 11.5 Å². The van der Waals surface area contributed by atoms with Gasteiger partial charge in [-0.05, 0) is 42.8 Å². The van der Waals surface area contributed by atoms with Crippen LogP contribution in [0.5, 0.6) is 5.75 Å². The number of hydrogen-bond donors (Lipinski definition) is 0. The largest absolute Gasteiger partial charge is 0.491 e. The second-order valence-electron chi connectivity index (χ2n) is 5.86. The van der Waals surface area contributed by atoms with E-state index in [1.165, 1.54) is 6.26 Å². The molecule has 0 spiro atoms. The van der Waals surface area contributed by atoms with Crippen molar-refractivity contribution < 1.29 is 13.2 Å². The number of ether oxygens (including phenoxy) is 1. The highest BCUT2D eigenvalue weighted by atomic mass is 79.9. The van der Waals surface area contributed by atoms with Crippen molar-refractivity contribution in [3.8, 4) is 17.1 Å². The molecule has 0 saturated carbocycles. The number of sulfone groups is 1. The van der Waals surface area contributed by atoms with Crippen molar-refractivity contribution in [1.82, 2.24) is 9.55 Å². The molecule has 0 unspecified atom stereocenters. The maximum Gasteiger partial charge on any atom is 0.175 e. The Bertz CT molecular complexity index is 1040. The van der Waals surface area contributed by atoms with Crippen LogP contribution in [0.2, 0.25) is 0 Å². The van der Waals surface area contributed by atoms with E-state index in [2.05, 4.69) is 20.5 Å². The summed E-state index contributed by atoms with van der Waals surface area (Å²) >= 11 is 3.50. The van der Waals surface area contributed by atoms with Crippen LogP contribution in [-0.4, -0.2) is 30.8 Å². The Hall–Kier alpha value is -1.86. The summed E-state index contributed by atoms with van der Waals surface area (Å²) in [5, 5.41) is 0. The lowest BCUT2D eigenvalue weighted by Crippen LogP contribution is -2.02. The summed E-state index contributed by atoms with van der Waals surface area (Å²) in [6.45, 7) is 1.48. The molecule has 24 heavy (non-hydrogen) atoms. The number of aromatic nitrogens is 2. The Morgan fingerprint density at radius 3 is 2.67 bits per heavy atom. The highest BCUT2D eigenvalue weighted by Crippen LogP contribution is 2.35. The maximum absolute atomic E-state index is 11.6. The molecule has 3 aromatic rings. The van der Waals surface area contributed by atoms with Gasteiger partial charge in [0.15, 0.2) is 9.84 Å². The molecular weight excluding hydrogens is 392 g/mol. The van der Waals surface area contributed by atoms with E-state index >= 15 is 0 Å². The predicted molar refractivity (Wildman–Crippen MR) is 96.1 cm³/mol. The molecule has 0 saturated heterocycles. The summed E-state index contributed by atoms with van der Waals surface area (Å²) in [4.78, 5) is 5.06. The zero-order valence-corrected chi connectivity index (χ0v) is 15.4. The maximum atomic E-state index is 11.6. The molecule has 0 aliphatic carbocycles. The van der Waals surface area contributed by atoms with Crippen molar-refractivity contribution in [2.45, 2.75) is 17.9 Å². The number of imidazole rings is 1. The van der Waals surface area contributed by atoms with Crippen molar-refractivity contribution in [3.63, 3.8) is 0 Å². The summed E-state index contributed by atoms with van der Waals surface area (Å²) in [6.07, 6.45) is 2.10. The quantitative estimate of drug-likeness (QED) is 0.651.